The number of nitrogens with zero attached hydrogens (tertiary/aromatic N) is 1. The summed E-state index contributed by atoms with van der Waals surface area (Å²) in [6, 6.07) is 0. The highest BCUT2D eigenvalue weighted by atomic mass is 16.2. The lowest BCUT2D eigenvalue weighted by Crippen LogP contribution is -2.44. The summed E-state index contributed by atoms with van der Waals surface area (Å²) >= 11 is 0. The van der Waals surface area contributed by atoms with Crippen molar-refractivity contribution in [1.29, 1.82) is 0 Å². The number of nitrogens with one attached hydrogen (secondary N) is 1. The van der Waals surface area contributed by atoms with Crippen molar-refractivity contribution in [3.8, 4) is 0 Å². The molecular formula is C13H24N2O. The summed E-state index contributed by atoms with van der Waals surface area (Å²) in [5.74, 6) is 1.04. The molecule has 0 unspecified atom stereocenters. The zero-order valence-corrected chi connectivity index (χ0v) is 10.6. The van der Waals surface area contributed by atoms with Gasteiger partial charge in [-0.1, -0.05) is 39.5 Å². The highest BCUT2D eigenvalue weighted by Gasteiger charge is 2.47. The number of hydrogen-bond donors (Lipinski definition) is 1. The van der Waals surface area contributed by atoms with Crippen molar-refractivity contribution in [2.24, 2.45) is 5.92 Å². The SMILES string of the molecule is CCC(CC)CN1CNC2(CCCC2)C1=O. The molecule has 1 aliphatic heterocycles. The zero-order chi connectivity index (χ0) is 11.6. The van der Waals surface area contributed by atoms with Crippen molar-refractivity contribution in [3.63, 3.8) is 0 Å². The van der Waals surface area contributed by atoms with Gasteiger partial charge in [-0.2, -0.15) is 0 Å². The summed E-state index contributed by atoms with van der Waals surface area (Å²) in [6.45, 7) is 6.15. The first kappa shape index (κ1) is 11.9. The molecule has 1 amide bonds. The van der Waals surface area contributed by atoms with E-state index in [0.717, 1.165) is 26.1 Å². The fourth-order valence-electron chi connectivity index (χ4n) is 3.07. The van der Waals surface area contributed by atoms with Gasteiger partial charge < -0.3 is 4.90 Å². The lowest BCUT2D eigenvalue weighted by Gasteiger charge is -2.24. The zero-order valence-electron chi connectivity index (χ0n) is 10.6. The van der Waals surface area contributed by atoms with Gasteiger partial charge >= 0.3 is 0 Å². The third-order valence-corrected chi connectivity index (χ3v) is 4.40. The third kappa shape index (κ3) is 1.97. The highest BCUT2D eigenvalue weighted by molar-refractivity contribution is 5.88. The monoisotopic (exact) mass is 224 g/mol. The van der Waals surface area contributed by atoms with Gasteiger partial charge in [0.05, 0.1) is 12.2 Å². The van der Waals surface area contributed by atoms with Crippen molar-refractivity contribution >= 4 is 5.91 Å². The van der Waals surface area contributed by atoms with Crippen LogP contribution in [0.3, 0.4) is 0 Å². The molecule has 0 bridgehead atoms. The van der Waals surface area contributed by atoms with Gasteiger partial charge in [0.25, 0.3) is 0 Å². The number of carbonyl (C=O) groups is 1. The van der Waals surface area contributed by atoms with E-state index in [0.29, 0.717) is 11.8 Å². The van der Waals surface area contributed by atoms with E-state index >= 15 is 0 Å². The Morgan fingerprint density at radius 2 is 1.94 bits per heavy atom. The van der Waals surface area contributed by atoms with Gasteiger partial charge in [-0.25, -0.2) is 0 Å². The summed E-state index contributed by atoms with van der Waals surface area (Å²) in [4.78, 5) is 14.4. The molecule has 3 heteroatoms. The number of carbonyl (C=O) groups excluding carboxylic acids is 1. The lowest BCUT2D eigenvalue weighted by atomic mass is 9.97. The molecule has 2 rings (SSSR count). The molecule has 1 heterocycles. The van der Waals surface area contributed by atoms with Crippen molar-refractivity contribution in [3.05, 3.63) is 0 Å². The van der Waals surface area contributed by atoms with E-state index in [1.54, 1.807) is 0 Å². The molecular weight excluding hydrogens is 200 g/mol. The number of amides is 1. The van der Waals surface area contributed by atoms with E-state index < -0.39 is 0 Å². The molecule has 16 heavy (non-hydrogen) atoms. The van der Waals surface area contributed by atoms with Crippen LogP contribution < -0.4 is 5.32 Å². The molecule has 0 radical (unpaired) electrons. The maximum atomic E-state index is 12.4. The van der Waals surface area contributed by atoms with Crippen LogP contribution in [0.1, 0.15) is 52.4 Å². The Bertz CT molecular complexity index is 255. The van der Waals surface area contributed by atoms with Gasteiger partial charge in [-0.05, 0) is 18.8 Å². The molecule has 0 aromatic rings. The molecule has 92 valence electrons. The Kier molecular flexibility index (Phi) is 3.53. The summed E-state index contributed by atoms with van der Waals surface area (Å²) in [6.07, 6.45) is 6.85. The van der Waals surface area contributed by atoms with Crippen LogP contribution in [0.15, 0.2) is 0 Å². The Balaban J connectivity index is 1.96. The molecule has 2 fully saturated rings. The third-order valence-electron chi connectivity index (χ3n) is 4.40. The van der Waals surface area contributed by atoms with E-state index in [1.807, 2.05) is 4.90 Å². The first-order chi connectivity index (χ1) is 7.72. The van der Waals surface area contributed by atoms with Crippen LogP contribution in [0.2, 0.25) is 0 Å². The Hall–Kier alpha value is -0.570. The molecule has 1 aliphatic carbocycles. The predicted molar refractivity (Wildman–Crippen MR) is 65.0 cm³/mol. The average Bonchev–Trinajstić information content (AvgIpc) is 2.89. The fourth-order valence-corrected chi connectivity index (χ4v) is 3.07. The van der Waals surface area contributed by atoms with E-state index in [-0.39, 0.29) is 5.54 Å². The van der Waals surface area contributed by atoms with Gasteiger partial charge in [-0.3, -0.25) is 10.1 Å². The lowest BCUT2D eigenvalue weighted by molar-refractivity contribution is -0.132. The van der Waals surface area contributed by atoms with Crippen LogP contribution in [0.25, 0.3) is 0 Å². The topological polar surface area (TPSA) is 32.3 Å². The summed E-state index contributed by atoms with van der Waals surface area (Å²) in [7, 11) is 0. The van der Waals surface area contributed by atoms with E-state index in [4.69, 9.17) is 0 Å². The normalized spacial score (nSPS) is 23.9. The second-order valence-corrected chi connectivity index (χ2v) is 5.33. The van der Waals surface area contributed by atoms with E-state index in [2.05, 4.69) is 19.2 Å². The predicted octanol–water partition coefficient (Wildman–Crippen LogP) is 2.12. The van der Waals surface area contributed by atoms with Crippen molar-refractivity contribution in [2.45, 2.75) is 57.9 Å². The Labute approximate surface area is 98.6 Å². The second kappa shape index (κ2) is 4.74. The maximum absolute atomic E-state index is 12.4. The molecule has 0 aromatic heterocycles. The van der Waals surface area contributed by atoms with E-state index in [1.165, 1.54) is 25.7 Å². The van der Waals surface area contributed by atoms with Crippen LogP contribution in [0.5, 0.6) is 0 Å². The largest absolute Gasteiger partial charge is 0.328 e. The fraction of sp³-hybridized carbons (Fsp3) is 0.923. The number of hydrogen-bond acceptors (Lipinski definition) is 2. The molecule has 1 spiro atoms. The Morgan fingerprint density at radius 3 is 2.50 bits per heavy atom. The van der Waals surface area contributed by atoms with Crippen LogP contribution in [-0.4, -0.2) is 29.6 Å². The highest BCUT2D eigenvalue weighted by Crippen LogP contribution is 2.34. The quantitative estimate of drug-likeness (QED) is 0.793. The summed E-state index contributed by atoms with van der Waals surface area (Å²) in [5, 5.41) is 3.46. The molecule has 0 aromatic carbocycles. The van der Waals surface area contributed by atoms with E-state index in [9.17, 15) is 4.79 Å². The minimum atomic E-state index is -0.161. The van der Waals surface area contributed by atoms with Gasteiger partial charge in [0, 0.05) is 6.54 Å². The minimum Gasteiger partial charge on any atom is -0.328 e. The molecule has 2 aliphatic rings. The summed E-state index contributed by atoms with van der Waals surface area (Å²) < 4.78 is 0. The smallest absolute Gasteiger partial charge is 0.243 e. The van der Waals surface area contributed by atoms with Crippen LogP contribution in [-0.2, 0) is 4.79 Å². The van der Waals surface area contributed by atoms with Crippen LogP contribution in [0, 0.1) is 5.92 Å². The van der Waals surface area contributed by atoms with Gasteiger partial charge in [0.2, 0.25) is 5.91 Å². The minimum absolute atomic E-state index is 0.161. The Morgan fingerprint density at radius 1 is 1.31 bits per heavy atom. The first-order valence-electron chi connectivity index (χ1n) is 6.76. The molecule has 1 N–H and O–H groups in total. The first-order valence-corrected chi connectivity index (χ1v) is 6.76. The van der Waals surface area contributed by atoms with Crippen LogP contribution >= 0.6 is 0 Å². The van der Waals surface area contributed by atoms with Crippen LogP contribution in [0.4, 0.5) is 0 Å². The number of rotatable bonds is 4. The standard InChI is InChI=1S/C13H24N2O/c1-3-11(4-2)9-15-10-14-13(12(15)16)7-5-6-8-13/h11,14H,3-10H2,1-2H3. The average molecular weight is 224 g/mol. The van der Waals surface area contributed by atoms with Crippen molar-refractivity contribution < 1.29 is 4.79 Å². The van der Waals surface area contributed by atoms with Gasteiger partial charge in [-0.15, -0.1) is 0 Å². The van der Waals surface area contributed by atoms with Crippen molar-refractivity contribution in [1.82, 2.24) is 10.2 Å². The molecule has 0 atom stereocenters. The molecule has 3 nitrogen and oxygen atoms in total. The molecule has 1 saturated heterocycles. The summed E-state index contributed by atoms with van der Waals surface area (Å²) in [5.41, 5.74) is -0.161. The van der Waals surface area contributed by atoms with Gasteiger partial charge in [0.1, 0.15) is 0 Å². The maximum Gasteiger partial charge on any atom is 0.243 e. The molecule has 1 saturated carbocycles. The van der Waals surface area contributed by atoms with Gasteiger partial charge in [0.15, 0.2) is 0 Å². The second-order valence-electron chi connectivity index (χ2n) is 5.33. The van der Waals surface area contributed by atoms with Crippen molar-refractivity contribution in [2.75, 3.05) is 13.2 Å².